The first-order valence-corrected chi connectivity index (χ1v) is 13.8. The number of pyridine rings is 1. The first-order valence-electron chi connectivity index (χ1n) is 13.8. The zero-order valence-electron chi connectivity index (χ0n) is 21.6. The summed E-state index contributed by atoms with van der Waals surface area (Å²) in [5.74, 6) is 3.21. The molecule has 0 radical (unpaired) electrons. The van der Waals surface area contributed by atoms with Crippen LogP contribution in [0.1, 0.15) is 60.9 Å². The number of imidazole rings is 1. The summed E-state index contributed by atoms with van der Waals surface area (Å²) in [4.78, 5) is 33.2. The molecule has 3 aromatic rings. The van der Waals surface area contributed by atoms with Gasteiger partial charge in [0.1, 0.15) is 11.6 Å². The third kappa shape index (κ3) is 5.44. The molecule has 7 rings (SSSR count). The van der Waals surface area contributed by atoms with Crippen LogP contribution in [-0.4, -0.2) is 39.5 Å². The summed E-state index contributed by atoms with van der Waals surface area (Å²) in [6, 6.07) is 11.6. The maximum absolute atomic E-state index is 12.5. The number of ether oxygens (including phenoxy) is 1. The van der Waals surface area contributed by atoms with Crippen molar-refractivity contribution in [3.05, 3.63) is 72.4 Å². The van der Waals surface area contributed by atoms with E-state index in [0.29, 0.717) is 29.1 Å². The Morgan fingerprint density at radius 2 is 1.74 bits per heavy atom. The van der Waals surface area contributed by atoms with Crippen LogP contribution in [0, 0.1) is 17.8 Å². The van der Waals surface area contributed by atoms with E-state index in [4.69, 9.17) is 4.74 Å². The molecule has 8 nitrogen and oxygen atoms in total. The van der Waals surface area contributed by atoms with Crippen LogP contribution in [0.25, 0.3) is 0 Å². The van der Waals surface area contributed by atoms with E-state index in [1.165, 1.54) is 50.3 Å². The summed E-state index contributed by atoms with van der Waals surface area (Å²) in [5.41, 5.74) is 2.24. The van der Waals surface area contributed by atoms with Gasteiger partial charge >= 0.3 is 0 Å². The lowest BCUT2D eigenvalue weighted by molar-refractivity contribution is -0.118. The molecule has 4 fully saturated rings. The number of amides is 2. The molecule has 2 N–H and O–H groups in total. The second kappa shape index (κ2) is 10.6. The SMILES string of the molecule is O=C(COc1ccc(C23CC4CC(CC(C4)C2)C3)cc1)Nc1cc(C(=O)NCCCn2ccnc2)ccn1. The van der Waals surface area contributed by atoms with Gasteiger partial charge in [0, 0.05) is 37.2 Å². The average Bonchev–Trinajstić information content (AvgIpc) is 3.43. The van der Waals surface area contributed by atoms with Gasteiger partial charge in [0.2, 0.25) is 0 Å². The van der Waals surface area contributed by atoms with Crippen molar-refractivity contribution in [3.8, 4) is 5.75 Å². The number of aryl methyl sites for hydroxylation is 1. The molecule has 0 atom stereocenters. The number of nitrogens with one attached hydrogen (secondary N) is 2. The minimum absolute atomic E-state index is 0.122. The molecule has 4 bridgehead atoms. The predicted octanol–water partition coefficient (Wildman–Crippen LogP) is 4.58. The minimum atomic E-state index is -0.319. The molecule has 0 spiro atoms. The number of rotatable bonds is 10. The largest absolute Gasteiger partial charge is 0.484 e. The summed E-state index contributed by atoms with van der Waals surface area (Å²) in [6.45, 7) is 1.20. The van der Waals surface area contributed by atoms with Crippen LogP contribution >= 0.6 is 0 Å². The quantitative estimate of drug-likeness (QED) is 0.387. The zero-order valence-corrected chi connectivity index (χ0v) is 21.6. The van der Waals surface area contributed by atoms with Crippen molar-refractivity contribution in [1.29, 1.82) is 0 Å². The van der Waals surface area contributed by atoms with E-state index in [1.807, 2.05) is 22.9 Å². The lowest BCUT2D eigenvalue weighted by Crippen LogP contribution is -2.48. The highest BCUT2D eigenvalue weighted by Gasteiger charge is 2.51. The van der Waals surface area contributed by atoms with Crippen LogP contribution in [-0.2, 0) is 16.8 Å². The topological polar surface area (TPSA) is 98.1 Å². The summed E-state index contributed by atoms with van der Waals surface area (Å²) in [5, 5.41) is 5.62. The van der Waals surface area contributed by atoms with E-state index in [9.17, 15) is 9.59 Å². The smallest absolute Gasteiger partial charge is 0.263 e. The number of anilines is 1. The zero-order chi connectivity index (χ0) is 26.0. The fourth-order valence-corrected chi connectivity index (χ4v) is 7.32. The molecule has 4 aliphatic carbocycles. The maximum Gasteiger partial charge on any atom is 0.263 e. The molecule has 198 valence electrons. The fraction of sp³-hybridized carbons (Fsp3) is 0.467. The second-order valence-corrected chi connectivity index (χ2v) is 11.4. The summed E-state index contributed by atoms with van der Waals surface area (Å²) in [7, 11) is 0. The molecule has 38 heavy (non-hydrogen) atoms. The lowest BCUT2D eigenvalue weighted by atomic mass is 9.48. The van der Waals surface area contributed by atoms with Crippen molar-refractivity contribution >= 4 is 17.6 Å². The third-order valence-corrected chi connectivity index (χ3v) is 8.60. The molecule has 0 saturated heterocycles. The number of aromatic nitrogens is 3. The molecular formula is C30H35N5O3. The maximum atomic E-state index is 12.5. The molecule has 8 heteroatoms. The Labute approximate surface area is 223 Å². The summed E-state index contributed by atoms with van der Waals surface area (Å²) in [6.07, 6.45) is 16.0. The van der Waals surface area contributed by atoms with Crippen LogP contribution in [0.5, 0.6) is 5.75 Å². The third-order valence-electron chi connectivity index (χ3n) is 8.60. The van der Waals surface area contributed by atoms with E-state index in [2.05, 4.69) is 32.7 Å². The van der Waals surface area contributed by atoms with Crippen molar-refractivity contribution in [1.82, 2.24) is 19.9 Å². The van der Waals surface area contributed by atoms with Gasteiger partial charge in [-0.05, 0) is 97.9 Å². The lowest BCUT2D eigenvalue weighted by Gasteiger charge is -2.57. The van der Waals surface area contributed by atoms with Crippen LogP contribution in [0.2, 0.25) is 0 Å². The number of carbonyl (C=O) groups is 2. The van der Waals surface area contributed by atoms with Crippen LogP contribution < -0.4 is 15.4 Å². The van der Waals surface area contributed by atoms with E-state index in [1.54, 1.807) is 24.7 Å². The van der Waals surface area contributed by atoms with Crippen LogP contribution in [0.3, 0.4) is 0 Å². The van der Waals surface area contributed by atoms with Gasteiger partial charge in [-0.15, -0.1) is 0 Å². The highest BCUT2D eigenvalue weighted by atomic mass is 16.5. The standard InChI is InChI=1S/C30H35N5O3/c36-28(34-27-15-24(6-8-32-27)29(37)33-7-1-10-35-11-9-31-20-35)19-38-26-4-2-25(3-5-26)30-16-21-12-22(17-30)14-23(13-21)18-30/h2-6,8-9,11,15,20-23H,1,7,10,12-14,16-19H2,(H,33,37)(H,32,34,36). The van der Waals surface area contributed by atoms with Gasteiger partial charge in [-0.25, -0.2) is 9.97 Å². The molecule has 2 aromatic heterocycles. The summed E-state index contributed by atoms with van der Waals surface area (Å²) < 4.78 is 7.73. The Hall–Kier alpha value is -3.68. The van der Waals surface area contributed by atoms with Crippen molar-refractivity contribution < 1.29 is 14.3 Å². The van der Waals surface area contributed by atoms with Crippen molar-refractivity contribution in [2.45, 2.75) is 56.9 Å². The minimum Gasteiger partial charge on any atom is -0.484 e. The molecule has 2 amide bonds. The molecule has 4 saturated carbocycles. The van der Waals surface area contributed by atoms with E-state index in [-0.39, 0.29) is 18.4 Å². The van der Waals surface area contributed by atoms with Crippen molar-refractivity contribution in [2.24, 2.45) is 17.8 Å². The van der Waals surface area contributed by atoms with E-state index in [0.717, 1.165) is 30.7 Å². The Morgan fingerprint density at radius 1 is 1.00 bits per heavy atom. The van der Waals surface area contributed by atoms with Gasteiger partial charge in [-0.2, -0.15) is 0 Å². The number of carbonyl (C=O) groups excluding carboxylic acids is 2. The van der Waals surface area contributed by atoms with E-state index >= 15 is 0 Å². The Kier molecular flexibility index (Phi) is 6.87. The molecule has 0 aliphatic heterocycles. The monoisotopic (exact) mass is 513 g/mol. The number of hydrogen-bond acceptors (Lipinski definition) is 5. The van der Waals surface area contributed by atoms with Gasteiger partial charge in [0.15, 0.2) is 6.61 Å². The highest BCUT2D eigenvalue weighted by Crippen LogP contribution is 2.60. The molecule has 4 aliphatic rings. The van der Waals surface area contributed by atoms with Gasteiger partial charge in [-0.1, -0.05) is 12.1 Å². The average molecular weight is 514 g/mol. The number of benzene rings is 1. The van der Waals surface area contributed by atoms with Gasteiger partial charge in [0.25, 0.3) is 11.8 Å². The molecule has 1 aromatic carbocycles. The van der Waals surface area contributed by atoms with Gasteiger partial charge < -0.3 is 19.9 Å². The highest BCUT2D eigenvalue weighted by molar-refractivity contribution is 5.96. The normalized spacial score (nSPS) is 25.2. The number of nitrogens with zero attached hydrogens (tertiary/aromatic N) is 3. The molecular weight excluding hydrogens is 478 g/mol. The Bertz CT molecular complexity index is 1240. The van der Waals surface area contributed by atoms with Gasteiger partial charge in [-0.3, -0.25) is 9.59 Å². The Balaban J connectivity index is 0.974. The van der Waals surface area contributed by atoms with Crippen LogP contribution in [0.15, 0.2) is 61.3 Å². The van der Waals surface area contributed by atoms with E-state index < -0.39 is 0 Å². The van der Waals surface area contributed by atoms with Crippen LogP contribution in [0.4, 0.5) is 5.82 Å². The van der Waals surface area contributed by atoms with Gasteiger partial charge in [0.05, 0.1) is 6.33 Å². The van der Waals surface area contributed by atoms with Crippen molar-refractivity contribution in [3.63, 3.8) is 0 Å². The second-order valence-electron chi connectivity index (χ2n) is 11.4. The Morgan fingerprint density at radius 3 is 2.42 bits per heavy atom. The molecule has 2 heterocycles. The van der Waals surface area contributed by atoms with Crippen molar-refractivity contribution in [2.75, 3.05) is 18.5 Å². The first-order chi connectivity index (χ1) is 18.5. The predicted molar refractivity (Wildman–Crippen MR) is 144 cm³/mol. The molecule has 0 unspecified atom stereocenters. The number of hydrogen-bond donors (Lipinski definition) is 2. The summed E-state index contributed by atoms with van der Waals surface area (Å²) >= 11 is 0. The first kappa shape index (κ1) is 24.6. The fourth-order valence-electron chi connectivity index (χ4n) is 7.32.